The zero-order chi connectivity index (χ0) is 19.0. The van der Waals surface area contributed by atoms with E-state index in [4.69, 9.17) is 16.1 Å². The minimum atomic E-state index is -0.126. The van der Waals surface area contributed by atoms with Gasteiger partial charge in [-0.15, -0.1) is 0 Å². The van der Waals surface area contributed by atoms with Crippen molar-refractivity contribution in [3.8, 4) is 0 Å². The van der Waals surface area contributed by atoms with Crippen LogP contribution in [0, 0.1) is 19.8 Å². The molecule has 27 heavy (non-hydrogen) atoms. The molecule has 1 fully saturated rings. The second kappa shape index (κ2) is 7.15. The number of nitrogens with zero attached hydrogens (tertiary/aromatic N) is 4. The molecular weight excluding hydrogens is 366 g/mol. The Morgan fingerprint density at radius 3 is 3.00 bits per heavy atom. The van der Waals surface area contributed by atoms with Gasteiger partial charge in [-0.2, -0.15) is 4.98 Å². The van der Waals surface area contributed by atoms with Gasteiger partial charge in [-0.25, -0.2) is 4.98 Å². The molecule has 0 bridgehead atoms. The molecule has 1 saturated heterocycles. The van der Waals surface area contributed by atoms with Gasteiger partial charge >= 0.3 is 0 Å². The summed E-state index contributed by atoms with van der Waals surface area (Å²) in [5.41, 5.74) is 2.96. The predicted molar refractivity (Wildman–Crippen MR) is 104 cm³/mol. The lowest BCUT2D eigenvalue weighted by Gasteiger charge is -2.33. The molecule has 1 aliphatic rings. The standard InChI is InChI=1S/C19H20ClN5O2/c1-11-8-14(20)5-6-15(11)23-18(26)13-4-3-7-25(9-13)17-16-12(2)24-27-19(16)22-10-21-17/h5-6,8,10,13H,3-4,7,9H2,1-2H3,(H,23,26)/t13-/m0/s1. The third-order valence-corrected chi connectivity index (χ3v) is 5.20. The number of carbonyl (C=O) groups excluding carboxylic acids is 1. The number of fused-ring (bicyclic) bond motifs is 1. The SMILES string of the molecule is Cc1cc(Cl)ccc1NC(=O)[C@H]1CCCN(c2ncnc3onc(C)c23)C1. The fourth-order valence-electron chi connectivity index (χ4n) is 3.53. The van der Waals surface area contributed by atoms with Gasteiger partial charge in [0.25, 0.3) is 5.71 Å². The Morgan fingerprint density at radius 2 is 2.19 bits per heavy atom. The van der Waals surface area contributed by atoms with E-state index in [0.29, 0.717) is 17.3 Å². The number of hydrogen-bond donors (Lipinski definition) is 1. The Bertz CT molecular complexity index is 1000. The number of nitrogens with one attached hydrogen (secondary N) is 1. The smallest absolute Gasteiger partial charge is 0.263 e. The number of aryl methyl sites for hydroxylation is 2. The summed E-state index contributed by atoms with van der Waals surface area (Å²) >= 11 is 6.00. The summed E-state index contributed by atoms with van der Waals surface area (Å²) in [7, 11) is 0. The van der Waals surface area contributed by atoms with Crippen LogP contribution in [0.1, 0.15) is 24.1 Å². The number of anilines is 2. The van der Waals surface area contributed by atoms with Gasteiger partial charge in [-0.1, -0.05) is 16.8 Å². The monoisotopic (exact) mass is 385 g/mol. The third-order valence-electron chi connectivity index (χ3n) is 4.96. The number of halogens is 1. The molecule has 1 aromatic carbocycles. The molecule has 3 heterocycles. The molecule has 7 nitrogen and oxygen atoms in total. The first-order chi connectivity index (χ1) is 13.0. The van der Waals surface area contributed by atoms with E-state index >= 15 is 0 Å². The highest BCUT2D eigenvalue weighted by molar-refractivity contribution is 6.30. The van der Waals surface area contributed by atoms with Crippen LogP contribution in [-0.2, 0) is 4.79 Å². The molecule has 0 radical (unpaired) electrons. The maximum atomic E-state index is 12.8. The average Bonchev–Trinajstić information content (AvgIpc) is 3.05. The third kappa shape index (κ3) is 3.47. The Kier molecular flexibility index (Phi) is 4.70. The van der Waals surface area contributed by atoms with Crippen LogP contribution in [0.15, 0.2) is 29.0 Å². The van der Waals surface area contributed by atoms with Gasteiger partial charge in [0, 0.05) is 23.8 Å². The second-order valence-corrected chi connectivity index (χ2v) is 7.32. The van der Waals surface area contributed by atoms with E-state index in [-0.39, 0.29) is 11.8 Å². The van der Waals surface area contributed by atoms with Gasteiger partial charge in [0.1, 0.15) is 17.5 Å². The topological polar surface area (TPSA) is 84.2 Å². The van der Waals surface area contributed by atoms with Crippen LogP contribution in [0.25, 0.3) is 11.1 Å². The summed E-state index contributed by atoms with van der Waals surface area (Å²) in [6, 6.07) is 5.46. The van der Waals surface area contributed by atoms with Crippen molar-refractivity contribution in [3.63, 3.8) is 0 Å². The molecule has 0 unspecified atom stereocenters. The zero-order valence-electron chi connectivity index (χ0n) is 15.2. The number of piperidine rings is 1. The van der Waals surface area contributed by atoms with Crippen molar-refractivity contribution in [2.24, 2.45) is 5.92 Å². The molecule has 1 N–H and O–H groups in total. The number of amides is 1. The largest absolute Gasteiger partial charge is 0.355 e. The van der Waals surface area contributed by atoms with Gasteiger partial charge in [0.2, 0.25) is 5.91 Å². The zero-order valence-corrected chi connectivity index (χ0v) is 16.0. The van der Waals surface area contributed by atoms with Crippen molar-refractivity contribution >= 4 is 40.1 Å². The second-order valence-electron chi connectivity index (χ2n) is 6.88. The highest BCUT2D eigenvalue weighted by atomic mass is 35.5. The van der Waals surface area contributed by atoms with Gasteiger partial charge in [0.15, 0.2) is 0 Å². The Labute approximate surface area is 161 Å². The minimum Gasteiger partial charge on any atom is -0.355 e. The number of carbonyl (C=O) groups is 1. The maximum absolute atomic E-state index is 12.8. The minimum absolute atomic E-state index is 0.0115. The van der Waals surface area contributed by atoms with Crippen molar-refractivity contribution in [1.82, 2.24) is 15.1 Å². The highest BCUT2D eigenvalue weighted by Gasteiger charge is 2.28. The molecule has 1 atom stereocenters. The summed E-state index contributed by atoms with van der Waals surface area (Å²) in [5, 5.41) is 8.49. The number of benzene rings is 1. The van der Waals surface area contributed by atoms with Crippen LogP contribution in [-0.4, -0.2) is 34.1 Å². The summed E-state index contributed by atoms with van der Waals surface area (Å²) in [4.78, 5) is 23.5. The number of hydrogen-bond acceptors (Lipinski definition) is 6. The van der Waals surface area contributed by atoms with E-state index < -0.39 is 0 Å². The summed E-state index contributed by atoms with van der Waals surface area (Å²) in [6.45, 7) is 5.23. The van der Waals surface area contributed by atoms with Gasteiger partial charge in [-0.3, -0.25) is 4.79 Å². The Balaban J connectivity index is 1.54. The number of rotatable bonds is 3. The maximum Gasteiger partial charge on any atom is 0.263 e. The van der Waals surface area contributed by atoms with E-state index in [0.717, 1.165) is 47.5 Å². The average molecular weight is 386 g/mol. The van der Waals surface area contributed by atoms with Crippen molar-refractivity contribution < 1.29 is 9.32 Å². The molecule has 8 heteroatoms. The van der Waals surface area contributed by atoms with Crippen LogP contribution < -0.4 is 10.2 Å². The first kappa shape index (κ1) is 17.7. The highest BCUT2D eigenvalue weighted by Crippen LogP contribution is 2.30. The first-order valence-electron chi connectivity index (χ1n) is 8.92. The molecule has 0 saturated carbocycles. The summed E-state index contributed by atoms with van der Waals surface area (Å²) < 4.78 is 5.24. The molecule has 3 aromatic rings. The molecular formula is C19H20ClN5O2. The van der Waals surface area contributed by atoms with Gasteiger partial charge < -0.3 is 14.7 Å². The lowest BCUT2D eigenvalue weighted by atomic mass is 9.96. The molecule has 0 spiro atoms. The quantitative estimate of drug-likeness (QED) is 0.739. The van der Waals surface area contributed by atoms with Crippen LogP contribution in [0.5, 0.6) is 0 Å². The van der Waals surface area contributed by atoms with Crippen molar-refractivity contribution in [3.05, 3.63) is 40.8 Å². The first-order valence-corrected chi connectivity index (χ1v) is 9.29. The van der Waals surface area contributed by atoms with Gasteiger partial charge in [-0.05, 0) is 50.5 Å². The lowest BCUT2D eigenvalue weighted by Crippen LogP contribution is -2.41. The van der Waals surface area contributed by atoms with Crippen molar-refractivity contribution in [1.29, 1.82) is 0 Å². The van der Waals surface area contributed by atoms with E-state index in [9.17, 15) is 4.79 Å². The fourth-order valence-corrected chi connectivity index (χ4v) is 3.76. The van der Waals surface area contributed by atoms with Crippen molar-refractivity contribution in [2.75, 3.05) is 23.3 Å². The molecule has 1 amide bonds. The summed E-state index contributed by atoms with van der Waals surface area (Å²) in [6.07, 6.45) is 3.22. The van der Waals surface area contributed by atoms with E-state index in [2.05, 4.69) is 25.3 Å². The summed E-state index contributed by atoms with van der Waals surface area (Å²) in [5.74, 6) is 0.662. The lowest BCUT2D eigenvalue weighted by molar-refractivity contribution is -0.120. The molecule has 1 aliphatic heterocycles. The van der Waals surface area contributed by atoms with Crippen molar-refractivity contribution in [2.45, 2.75) is 26.7 Å². The predicted octanol–water partition coefficient (Wildman–Crippen LogP) is 3.74. The Morgan fingerprint density at radius 1 is 1.33 bits per heavy atom. The van der Waals surface area contributed by atoms with Crippen LogP contribution in [0.2, 0.25) is 5.02 Å². The molecule has 0 aliphatic carbocycles. The van der Waals surface area contributed by atoms with Crippen LogP contribution >= 0.6 is 11.6 Å². The molecule has 4 rings (SSSR count). The van der Waals surface area contributed by atoms with Crippen LogP contribution in [0.3, 0.4) is 0 Å². The van der Waals surface area contributed by atoms with E-state index in [1.54, 1.807) is 6.07 Å². The van der Waals surface area contributed by atoms with Gasteiger partial charge in [0.05, 0.1) is 11.6 Å². The normalized spacial score (nSPS) is 17.3. The van der Waals surface area contributed by atoms with E-state index in [1.165, 1.54) is 6.33 Å². The molecule has 140 valence electrons. The fraction of sp³-hybridized carbons (Fsp3) is 0.368. The Hall–Kier alpha value is -2.67. The molecule has 2 aromatic heterocycles. The van der Waals surface area contributed by atoms with E-state index in [1.807, 2.05) is 26.0 Å². The number of aromatic nitrogens is 3. The van der Waals surface area contributed by atoms with Crippen LogP contribution in [0.4, 0.5) is 11.5 Å².